The molecule has 0 aromatic heterocycles. The third-order valence-corrected chi connectivity index (χ3v) is 4.30. The second-order valence-electron chi connectivity index (χ2n) is 5.91. The summed E-state index contributed by atoms with van der Waals surface area (Å²) in [5.41, 5.74) is 0.916. The first-order valence-electron chi connectivity index (χ1n) is 7.88. The molecule has 3 heteroatoms. The van der Waals surface area contributed by atoms with Gasteiger partial charge in [0, 0.05) is 6.04 Å². The van der Waals surface area contributed by atoms with Crippen LogP contribution in [0.4, 0.5) is 8.78 Å². The number of nitrogens with one attached hydrogen (secondary N) is 1. The van der Waals surface area contributed by atoms with E-state index in [0.717, 1.165) is 24.9 Å². The van der Waals surface area contributed by atoms with E-state index in [1.165, 1.54) is 44.2 Å². The average Bonchev–Trinajstić information content (AvgIpc) is 2.66. The minimum Gasteiger partial charge on any atom is -0.314 e. The van der Waals surface area contributed by atoms with Crippen LogP contribution in [0.3, 0.4) is 0 Å². The molecule has 0 spiro atoms. The molecule has 0 saturated heterocycles. The van der Waals surface area contributed by atoms with E-state index in [1.54, 1.807) is 6.07 Å². The maximum Gasteiger partial charge on any atom is 0.159 e. The van der Waals surface area contributed by atoms with E-state index < -0.39 is 11.6 Å². The fraction of sp³-hybridized carbons (Fsp3) is 0.647. The van der Waals surface area contributed by atoms with Crippen molar-refractivity contribution in [1.29, 1.82) is 0 Å². The first-order chi connectivity index (χ1) is 9.70. The molecule has 2 rings (SSSR count). The molecule has 1 saturated carbocycles. The second-order valence-corrected chi connectivity index (χ2v) is 5.91. The molecule has 1 nitrogen and oxygen atoms in total. The number of hydrogen-bond acceptors (Lipinski definition) is 1. The predicted octanol–water partition coefficient (Wildman–Crippen LogP) is 4.46. The molecule has 112 valence electrons. The van der Waals surface area contributed by atoms with E-state index in [4.69, 9.17) is 0 Å². The molecule has 0 amide bonds. The molecule has 2 atom stereocenters. The molecule has 1 fully saturated rings. The van der Waals surface area contributed by atoms with Gasteiger partial charge in [-0.05, 0) is 55.8 Å². The highest BCUT2D eigenvalue weighted by Crippen LogP contribution is 2.27. The highest BCUT2D eigenvalue weighted by molar-refractivity contribution is 5.18. The average molecular weight is 281 g/mol. The van der Waals surface area contributed by atoms with Crippen LogP contribution in [0.15, 0.2) is 18.2 Å². The van der Waals surface area contributed by atoms with Crippen molar-refractivity contribution in [1.82, 2.24) is 5.32 Å². The van der Waals surface area contributed by atoms with Crippen molar-refractivity contribution < 1.29 is 8.78 Å². The van der Waals surface area contributed by atoms with Crippen molar-refractivity contribution in [2.45, 2.75) is 57.9 Å². The largest absolute Gasteiger partial charge is 0.314 e. The minimum absolute atomic E-state index is 0.519. The van der Waals surface area contributed by atoms with Gasteiger partial charge in [-0.1, -0.05) is 32.3 Å². The molecule has 0 bridgehead atoms. The quantitative estimate of drug-likeness (QED) is 0.786. The van der Waals surface area contributed by atoms with Crippen LogP contribution in [-0.4, -0.2) is 12.6 Å². The van der Waals surface area contributed by atoms with Crippen LogP contribution in [-0.2, 0) is 6.42 Å². The summed E-state index contributed by atoms with van der Waals surface area (Å²) >= 11 is 0. The highest BCUT2D eigenvalue weighted by Gasteiger charge is 2.23. The van der Waals surface area contributed by atoms with Gasteiger partial charge < -0.3 is 5.32 Å². The molecule has 20 heavy (non-hydrogen) atoms. The lowest BCUT2D eigenvalue weighted by atomic mass is 9.88. The molecule has 1 aromatic rings. The van der Waals surface area contributed by atoms with Crippen LogP contribution in [0.25, 0.3) is 0 Å². The van der Waals surface area contributed by atoms with Gasteiger partial charge in [-0.3, -0.25) is 0 Å². The summed E-state index contributed by atoms with van der Waals surface area (Å²) < 4.78 is 26.3. The molecule has 0 aliphatic heterocycles. The van der Waals surface area contributed by atoms with Crippen LogP contribution < -0.4 is 5.32 Å². The van der Waals surface area contributed by atoms with Crippen LogP contribution in [0.2, 0.25) is 0 Å². The van der Waals surface area contributed by atoms with Gasteiger partial charge in [0.2, 0.25) is 0 Å². The smallest absolute Gasteiger partial charge is 0.159 e. The first kappa shape index (κ1) is 15.4. The molecule has 1 aliphatic carbocycles. The van der Waals surface area contributed by atoms with Gasteiger partial charge in [-0.2, -0.15) is 0 Å². The Kier molecular flexibility index (Phi) is 5.96. The number of benzene rings is 1. The van der Waals surface area contributed by atoms with E-state index in [1.807, 2.05) is 0 Å². The summed E-state index contributed by atoms with van der Waals surface area (Å²) in [6, 6.07) is 4.85. The van der Waals surface area contributed by atoms with Crippen molar-refractivity contribution >= 4 is 0 Å². The minimum atomic E-state index is -0.754. The molecule has 2 unspecified atom stereocenters. The standard InChI is InChI=1S/C17H25F2N/c1-2-10-20-17-7-5-3-4-6-14(17)11-13-8-9-15(18)16(19)12-13/h8-9,12,14,17,20H,2-7,10-11H2,1H3. The highest BCUT2D eigenvalue weighted by atomic mass is 19.2. The van der Waals surface area contributed by atoms with E-state index in [-0.39, 0.29) is 0 Å². The Hall–Kier alpha value is -0.960. The van der Waals surface area contributed by atoms with Crippen molar-refractivity contribution in [2.24, 2.45) is 5.92 Å². The van der Waals surface area contributed by atoms with E-state index in [2.05, 4.69) is 12.2 Å². The Balaban J connectivity index is 2.03. The zero-order valence-corrected chi connectivity index (χ0v) is 12.3. The third-order valence-electron chi connectivity index (χ3n) is 4.30. The van der Waals surface area contributed by atoms with Crippen molar-refractivity contribution in [3.63, 3.8) is 0 Å². The maximum atomic E-state index is 13.3. The summed E-state index contributed by atoms with van der Waals surface area (Å²) in [6.07, 6.45) is 8.18. The lowest BCUT2D eigenvalue weighted by Crippen LogP contribution is -2.37. The van der Waals surface area contributed by atoms with E-state index >= 15 is 0 Å². The lowest BCUT2D eigenvalue weighted by molar-refractivity contribution is 0.332. The monoisotopic (exact) mass is 281 g/mol. The van der Waals surface area contributed by atoms with Crippen molar-refractivity contribution in [2.75, 3.05) is 6.54 Å². The van der Waals surface area contributed by atoms with Gasteiger partial charge in [0.15, 0.2) is 11.6 Å². The zero-order chi connectivity index (χ0) is 14.4. The molecule has 1 aromatic carbocycles. The number of rotatable bonds is 5. The van der Waals surface area contributed by atoms with Gasteiger partial charge in [-0.15, -0.1) is 0 Å². The fourth-order valence-electron chi connectivity index (χ4n) is 3.20. The van der Waals surface area contributed by atoms with Crippen LogP contribution >= 0.6 is 0 Å². The molecular weight excluding hydrogens is 256 g/mol. The Bertz CT molecular complexity index is 419. The van der Waals surface area contributed by atoms with Gasteiger partial charge in [0.25, 0.3) is 0 Å². The van der Waals surface area contributed by atoms with Crippen LogP contribution in [0.1, 0.15) is 51.0 Å². The van der Waals surface area contributed by atoms with E-state index in [9.17, 15) is 8.78 Å². The van der Waals surface area contributed by atoms with Gasteiger partial charge in [-0.25, -0.2) is 8.78 Å². The van der Waals surface area contributed by atoms with Gasteiger partial charge in [0.05, 0.1) is 0 Å². The SMILES string of the molecule is CCCNC1CCCCCC1Cc1ccc(F)c(F)c1. The summed E-state index contributed by atoms with van der Waals surface area (Å²) in [6.45, 7) is 3.22. The molecule has 1 N–H and O–H groups in total. The molecule has 0 heterocycles. The van der Waals surface area contributed by atoms with Crippen LogP contribution in [0, 0.1) is 17.6 Å². The Labute approximate surface area is 120 Å². The van der Waals surface area contributed by atoms with Gasteiger partial charge in [0.1, 0.15) is 0 Å². The molecule has 1 aliphatic rings. The van der Waals surface area contributed by atoms with E-state index in [0.29, 0.717) is 12.0 Å². The second kappa shape index (κ2) is 7.72. The van der Waals surface area contributed by atoms with Crippen LogP contribution in [0.5, 0.6) is 0 Å². The van der Waals surface area contributed by atoms with Gasteiger partial charge >= 0.3 is 0 Å². The topological polar surface area (TPSA) is 12.0 Å². The summed E-state index contributed by atoms with van der Waals surface area (Å²) in [5, 5.41) is 3.64. The Morgan fingerprint density at radius 1 is 1.10 bits per heavy atom. The Morgan fingerprint density at radius 3 is 2.65 bits per heavy atom. The summed E-state index contributed by atoms with van der Waals surface area (Å²) in [4.78, 5) is 0. The van der Waals surface area contributed by atoms with Crippen molar-refractivity contribution in [3.05, 3.63) is 35.4 Å². The summed E-state index contributed by atoms with van der Waals surface area (Å²) in [5.74, 6) is -0.946. The maximum absolute atomic E-state index is 13.3. The fourth-order valence-corrected chi connectivity index (χ4v) is 3.20. The summed E-state index contributed by atoms with van der Waals surface area (Å²) in [7, 11) is 0. The first-order valence-corrected chi connectivity index (χ1v) is 7.88. The normalized spacial score (nSPS) is 23.6. The lowest BCUT2D eigenvalue weighted by Gasteiger charge is -2.26. The molecular formula is C17H25F2N. The number of hydrogen-bond donors (Lipinski definition) is 1. The van der Waals surface area contributed by atoms with Crippen molar-refractivity contribution in [3.8, 4) is 0 Å². The zero-order valence-electron chi connectivity index (χ0n) is 12.3. The number of halogens is 2. The third kappa shape index (κ3) is 4.27. The Morgan fingerprint density at radius 2 is 1.90 bits per heavy atom. The predicted molar refractivity (Wildman–Crippen MR) is 78.7 cm³/mol. The molecule has 0 radical (unpaired) electrons.